The Morgan fingerprint density at radius 1 is 0.944 bits per heavy atom. The summed E-state index contributed by atoms with van der Waals surface area (Å²) < 4.78 is 0. The van der Waals surface area contributed by atoms with Crippen molar-refractivity contribution in [1.29, 1.82) is 0 Å². The molecule has 0 aromatic heterocycles. The maximum Gasteiger partial charge on any atom is 0.237 e. The van der Waals surface area contributed by atoms with E-state index in [4.69, 9.17) is 0 Å². The zero-order valence-corrected chi connectivity index (χ0v) is 9.36. The fourth-order valence-corrected chi connectivity index (χ4v) is 1.12. The van der Waals surface area contributed by atoms with Crippen LogP contribution in [-0.4, -0.2) is 36.7 Å². The second-order valence-corrected chi connectivity index (χ2v) is 2.80. The van der Waals surface area contributed by atoms with Crippen molar-refractivity contribution in [3.63, 3.8) is 0 Å². The van der Waals surface area contributed by atoms with Gasteiger partial charge in [-0.3, -0.25) is 0 Å². The molecule has 0 unspecified atom stereocenters. The van der Waals surface area contributed by atoms with E-state index in [0.29, 0.717) is 5.57 Å². The Hall–Kier alpha value is -2.74. The van der Waals surface area contributed by atoms with Gasteiger partial charge in [0.25, 0.3) is 0 Å². The number of nitrogens with zero attached hydrogens (tertiary/aromatic N) is 4. The van der Waals surface area contributed by atoms with Gasteiger partial charge in [0.15, 0.2) is 12.3 Å². The first-order valence-corrected chi connectivity index (χ1v) is 4.66. The minimum absolute atomic E-state index is 0.0397. The highest BCUT2D eigenvalue weighted by Crippen LogP contribution is 2.16. The third kappa shape index (κ3) is 5.37. The van der Waals surface area contributed by atoms with E-state index in [-0.39, 0.29) is 6.42 Å². The van der Waals surface area contributed by atoms with E-state index < -0.39 is 12.3 Å². The molecule has 0 N–H and O–H groups in total. The molecule has 0 radical (unpaired) electrons. The van der Waals surface area contributed by atoms with Crippen molar-refractivity contribution in [2.24, 2.45) is 20.0 Å². The molecule has 0 aliphatic heterocycles. The van der Waals surface area contributed by atoms with Gasteiger partial charge >= 0.3 is 0 Å². The van der Waals surface area contributed by atoms with Crippen LogP contribution in [0.2, 0.25) is 0 Å². The lowest BCUT2D eigenvalue weighted by atomic mass is 10.1. The second kappa shape index (κ2) is 9.48. The van der Waals surface area contributed by atoms with Gasteiger partial charge in [-0.25, -0.2) is 19.2 Å². The Morgan fingerprint density at radius 3 is 1.72 bits per heavy atom. The fourth-order valence-electron chi connectivity index (χ4n) is 1.12. The predicted octanol–water partition coefficient (Wildman–Crippen LogP) is 0.318. The molecule has 0 aromatic carbocycles. The van der Waals surface area contributed by atoms with Crippen LogP contribution in [0.1, 0.15) is 13.3 Å². The van der Waals surface area contributed by atoms with Crippen molar-refractivity contribution in [3.05, 3.63) is 11.6 Å². The Kier molecular flexibility index (Phi) is 8.04. The van der Waals surface area contributed by atoms with E-state index in [1.54, 1.807) is 6.92 Å². The minimum Gasteiger partial charge on any atom is -0.211 e. The number of allylic oxidation sites excluding steroid dienone is 1. The van der Waals surface area contributed by atoms with Gasteiger partial charge in [-0.15, -0.1) is 0 Å². The highest BCUT2D eigenvalue weighted by Gasteiger charge is 2.16. The summed E-state index contributed by atoms with van der Waals surface area (Å²) in [6.07, 6.45) is 4.29. The standard InChI is InChI=1S/C10H8N4O4/c1-2-8(10(13-6-17)14-7-18)3-9(11-4-15)12-5-16/h2,9-10H,3H2,1H3. The van der Waals surface area contributed by atoms with Crippen LogP contribution in [0.4, 0.5) is 0 Å². The molecule has 0 spiro atoms. The van der Waals surface area contributed by atoms with Crippen LogP contribution in [0.3, 0.4) is 0 Å². The van der Waals surface area contributed by atoms with Crippen molar-refractivity contribution in [2.75, 3.05) is 0 Å². The van der Waals surface area contributed by atoms with Gasteiger partial charge in [-0.05, 0) is 12.5 Å². The number of isocyanates is 4. The average Bonchev–Trinajstić information content (AvgIpc) is 2.36. The molecule has 0 amide bonds. The smallest absolute Gasteiger partial charge is 0.211 e. The van der Waals surface area contributed by atoms with Gasteiger partial charge in [0, 0.05) is 6.42 Å². The molecule has 0 heterocycles. The van der Waals surface area contributed by atoms with Crippen molar-refractivity contribution in [1.82, 2.24) is 0 Å². The molecule has 0 aliphatic carbocycles. The third-order valence-corrected chi connectivity index (χ3v) is 1.87. The van der Waals surface area contributed by atoms with Crippen molar-refractivity contribution < 1.29 is 19.2 Å². The number of hydrogen-bond acceptors (Lipinski definition) is 8. The summed E-state index contributed by atoms with van der Waals surface area (Å²) in [7, 11) is 0. The van der Waals surface area contributed by atoms with Gasteiger partial charge < -0.3 is 0 Å². The fraction of sp³-hybridized carbons (Fsp3) is 0.400. The molecule has 0 atom stereocenters. The van der Waals surface area contributed by atoms with Crippen LogP contribution in [0.15, 0.2) is 31.6 Å². The van der Waals surface area contributed by atoms with Gasteiger partial charge in [-0.2, -0.15) is 20.0 Å². The molecule has 8 heteroatoms. The maximum atomic E-state index is 10.2. The number of hydrogen-bond donors (Lipinski definition) is 0. The molecule has 0 saturated carbocycles. The Morgan fingerprint density at radius 2 is 1.39 bits per heavy atom. The molecule has 18 heavy (non-hydrogen) atoms. The average molecular weight is 248 g/mol. The SMILES string of the molecule is CC=C(CC(N=C=O)N=C=O)C(N=C=O)N=C=O. The zero-order valence-electron chi connectivity index (χ0n) is 9.36. The third-order valence-electron chi connectivity index (χ3n) is 1.87. The summed E-state index contributed by atoms with van der Waals surface area (Å²) in [4.78, 5) is 53.6. The number of rotatable bonds is 7. The zero-order chi connectivity index (χ0) is 13.8. The largest absolute Gasteiger partial charge is 0.237 e. The van der Waals surface area contributed by atoms with Crippen LogP contribution < -0.4 is 0 Å². The van der Waals surface area contributed by atoms with Crippen molar-refractivity contribution >= 4 is 24.3 Å². The quantitative estimate of drug-likeness (QED) is 0.366. The number of aliphatic imine (C=N–C) groups is 4. The Labute approximate surface area is 102 Å². The summed E-state index contributed by atoms with van der Waals surface area (Å²) in [5.41, 5.74) is 0.352. The van der Waals surface area contributed by atoms with Crippen LogP contribution in [0.5, 0.6) is 0 Å². The summed E-state index contributed by atoms with van der Waals surface area (Å²) in [6.45, 7) is 1.59. The molecule has 0 bridgehead atoms. The van der Waals surface area contributed by atoms with Gasteiger partial charge in [0.1, 0.15) is 0 Å². The summed E-state index contributed by atoms with van der Waals surface area (Å²) in [5.74, 6) is 0. The first kappa shape index (κ1) is 15.3. The molecule has 0 fully saturated rings. The molecule has 92 valence electrons. The van der Waals surface area contributed by atoms with Crippen LogP contribution in [0, 0.1) is 0 Å². The predicted molar refractivity (Wildman–Crippen MR) is 58.4 cm³/mol. The van der Waals surface area contributed by atoms with Crippen LogP contribution in [-0.2, 0) is 19.2 Å². The van der Waals surface area contributed by atoms with E-state index in [0.717, 1.165) is 0 Å². The molecular weight excluding hydrogens is 240 g/mol. The van der Waals surface area contributed by atoms with E-state index in [9.17, 15) is 19.2 Å². The van der Waals surface area contributed by atoms with E-state index in [1.165, 1.54) is 30.4 Å². The summed E-state index contributed by atoms with van der Waals surface area (Å²) in [5, 5.41) is 0. The van der Waals surface area contributed by atoms with Gasteiger partial charge in [0.2, 0.25) is 24.3 Å². The van der Waals surface area contributed by atoms with Gasteiger partial charge in [0.05, 0.1) is 0 Å². The van der Waals surface area contributed by atoms with E-state index >= 15 is 0 Å². The maximum absolute atomic E-state index is 10.2. The van der Waals surface area contributed by atoms with E-state index in [1.807, 2.05) is 0 Å². The number of carbonyl (C=O) groups excluding carboxylic acids is 4. The first-order valence-electron chi connectivity index (χ1n) is 4.66. The highest BCUT2D eigenvalue weighted by atomic mass is 16.1. The van der Waals surface area contributed by atoms with Gasteiger partial charge in [-0.1, -0.05) is 6.08 Å². The summed E-state index contributed by atoms with van der Waals surface area (Å²) in [6, 6.07) is 0. The Bertz CT molecular complexity index is 466. The molecule has 8 nitrogen and oxygen atoms in total. The lowest BCUT2D eigenvalue weighted by Crippen LogP contribution is -2.11. The molecular formula is C10H8N4O4. The van der Waals surface area contributed by atoms with E-state index in [2.05, 4.69) is 20.0 Å². The Balaban J connectivity index is 5.18. The highest BCUT2D eigenvalue weighted by molar-refractivity contribution is 5.40. The molecule has 0 aromatic rings. The topological polar surface area (TPSA) is 118 Å². The minimum atomic E-state index is -1.11. The molecule has 0 saturated heterocycles. The first-order chi connectivity index (χ1) is 8.73. The normalized spacial score (nSPS) is 12.8. The summed E-state index contributed by atoms with van der Waals surface area (Å²) >= 11 is 0. The lowest BCUT2D eigenvalue weighted by Gasteiger charge is -2.10. The van der Waals surface area contributed by atoms with Crippen molar-refractivity contribution in [2.45, 2.75) is 25.7 Å². The molecule has 0 aliphatic rings. The second-order valence-electron chi connectivity index (χ2n) is 2.80. The van der Waals surface area contributed by atoms with Crippen molar-refractivity contribution in [3.8, 4) is 0 Å². The molecule has 0 rings (SSSR count). The van der Waals surface area contributed by atoms with Crippen LogP contribution >= 0.6 is 0 Å². The lowest BCUT2D eigenvalue weighted by molar-refractivity contribution is 0.540. The van der Waals surface area contributed by atoms with Crippen LogP contribution in [0.25, 0.3) is 0 Å². The monoisotopic (exact) mass is 248 g/mol.